The maximum absolute atomic E-state index is 12.9. The number of amides is 2. The van der Waals surface area contributed by atoms with Crippen LogP contribution in [0.1, 0.15) is 53.6 Å². The monoisotopic (exact) mass is 503 g/mol. The number of carbonyl (C=O) groups is 2. The highest BCUT2D eigenvalue weighted by Crippen LogP contribution is 2.30. The maximum atomic E-state index is 12.9. The molecule has 0 bridgehead atoms. The minimum Gasteiger partial charge on any atom is -0.493 e. The first-order valence-corrected chi connectivity index (χ1v) is 12.0. The quantitative estimate of drug-likeness (QED) is 0.519. The van der Waals surface area contributed by atoms with E-state index in [0.717, 1.165) is 36.8 Å². The molecule has 2 amide bonds. The molecular weight excluding hydrogens is 474 g/mol. The summed E-state index contributed by atoms with van der Waals surface area (Å²) in [5.74, 6) is 0.0686. The Morgan fingerprint density at radius 2 is 1.88 bits per heavy atom. The number of methoxy groups -OCH3 is 1. The molecule has 1 fully saturated rings. The largest absolute Gasteiger partial charge is 0.493 e. The first-order chi connectivity index (χ1) is 16.3. The van der Waals surface area contributed by atoms with Gasteiger partial charge in [0.1, 0.15) is 0 Å². The van der Waals surface area contributed by atoms with E-state index in [1.807, 2.05) is 25.1 Å². The van der Waals surface area contributed by atoms with Crippen molar-refractivity contribution in [2.24, 2.45) is 5.73 Å². The third kappa shape index (κ3) is 6.84. The molecule has 0 radical (unpaired) electrons. The fourth-order valence-corrected chi connectivity index (χ4v) is 4.50. The van der Waals surface area contributed by atoms with Crippen LogP contribution >= 0.6 is 23.8 Å². The molecule has 0 spiro atoms. The molecular formula is C25H30ClN3O4S. The Labute approximate surface area is 210 Å². The molecule has 2 aromatic rings. The number of thiocarbonyl (C=S) groups is 1. The van der Waals surface area contributed by atoms with Gasteiger partial charge in [-0.15, -0.1) is 0 Å². The first-order valence-electron chi connectivity index (χ1n) is 11.2. The van der Waals surface area contributed by atoms with Gasteiger partial charge in [-0.05, 0) is 67.4 Å². The lowest BCUT2D eigenvalue weighted by atomic mass is 9.94. The number of primary amides is 1. The first kappa shape index (κ1) is 25.8. The molecule has 1 aliphatic rings. The van der Waals surface area contributed by atoms with Gasteiger partial charge < -0.3 is 20.1 Å². The summed E-state index contributed by atoms with van der Waals surface area (Å²) in [5.41, 5.74) is 7.47. The minimum atomic E-state index is -0.564. The van der Waals surface area contributed by atoms with E-state index in [9.17, 15) is 9.59 Å². The van der Waals surface area contributed by atoms with Crippen LogP contribution in [0.4, 0.5) is 0 Å². The number of nitrogens with zero attached hydrogens (tertiary/aromatic N) is 1. The molecule has 3 rings (SSSR count). The second-order valence-corrected chi connectivity index (χ2v) is 9.18. The summed E-state index contributed by atoms with van der Waals surface area (Å²) in [6.45, 7) is 2.14. The van der Waals surface area contributed by atoms with Gasteiger partial charge in [-0.25, -0.2) is 0 Å². The normalized spacial score (nSPS) is 13.7. The summed E-state index contributed by atoms with van der Waals surface area (Å²) in [6, 6.07) is 10.9. The molecule has 3 N–H and O–H groups in total. The molecule has 0 aliphatic heterocycles. The van der Waals surface area contributed by atoms with Crippen LogP contribution in [0.2, 0.25) is 5.02 Å². The molecule has 1 aliphatic carbocycles. The Morgan fingerprint density at radius 1 is 1.15 bits per heavy atom. The van der Waals surface area contributed by atoms with Crippen molar-refractivity contribution >= 4 is 40.7 Å². The number of rotatable bonds is 8. The van der Waals surface area contributed by atoms with Gasteiger partial charge in [-0.2, -0.15) is 0 Å². The van der Waals surface area contributed by atoms with Gasteiger partial charge in [0.2, 0.25) is 0 Å². The predicted molar refractivity (Wildman–Crippen MR) is 136 cm³/mol. The number of nitrogens with one attached hydrogen (secondary N) is 1. The molecule has 9 heteroatoms. The van der Waals surface area contributed by atoms with Crippen LogP contribution in [0.3, 0.4) is 0 Å². The van der Waals surface area contributed by atoms with Gasteiger partial charge in [-0.1, -0.05) is 43.0 Å². The highest BCUT2D eigenvalue weighted by Gasteiger charge is 2.25. The van der Waals surface area contributed by atoms with Crippen LogP contribution in [0.25, 0.3) is 0 Å². The number of hydrogen-bond acceptors (Lipinski definition) is 5. The lowest BCUT2D eigenvalue weighted by Gasteiger charge is -2.36. The van der Waals surface area contributed by atoms with E-state index in [-0.39, 0.29) is 18.6 Å². The van der Waals surface area contributed by atoms with E-state index in [0.29, 0.717) is 33.7 Å². The SMILES string of the molecule is COc1cc(CN(C(=S)NC(=O)c2ccc(C)c(Cl)c2)C2CCCCC2)ccc1OCC(N)=O. The van der Waals surface area contributed by atoms with Crippen molar-refractivity contribution in [2.45, 2.75) is 51.6 Å². The van der Waals surface area contributed by atoms with Crippen LogP contribution in [-0.4, -0.2) is 41.6 Å². The number of aryl methyl sites for hydroxylation is 1. The Hall–Kier alpha value is -2.84. The van der Waals surface area contributed by atoms with Gasteiger partial charge in [0.25, 0.3) is 11.8 Å². The van der Waals surface area contributed by atoms with Crippen LogP contribution in [0.15, 0.2) is 36.4 Å². The van der Waals surface area contributed by atoms with Crippen molar-refractivity contribution in [3.63, 3.8) is 0 Å². The molecule has 7 nitrogen and oxygen atoms in total. The third-order valence-electron chi connectivity index (χ3n) is 5.88. The van der Waals surface area contributed by atoms with Gasteiger partial charge >= 0.3 is 0 Å². The molecule has 0 unspecified atom stereocenters. The van der Waals surface area contributed by atoms with E-state index < -0.39 is 5.91 Å². The van der Waals surface area contributed by atoms with Crippen LogP contribution in [-0.2, 0) is 11.3 Å². The lowest BCUT2D eigenvalue weighted by Crippen LogP contribution is -2.48. The minimum absolute atomic E-state index is 0.222. The summed E-state index contributed by atoms with van der Waals surface area (Å²) >= 11 is 11.9. The molecule has 182 valence electrons. The Morgan fingerprint density at radius 3 is 2.53 bits per heavy atom. The summed E-state index contributed by atoms with van der Waals surface area (Å²) < 4.78 is 10.9. The van der Waals surface area contributed by atoms with E-state index in [1.54, 1.807) is 18.2 Å². The van der Waals surface area contributed by atoms with E-state index in [1.165, 1.54) is 13.5 Å². The second-order valence-electron chi connectivity index (χ2n) is 8.38. The average Bonchev–Trinajstić information content (AvgIpc) is 2.83. The molecule has 0 heterocycles. The van der Waals surface area contributed by atoms with Crippen molar-refractivity contribution in [1.29, 1.82) is 0 Å². The molecule has 1 saturated carbocycles. The molecule has 0 atom stereocenters. The Kier molecular flexibility index (Phi) is 9.12. The fraction of sp³-hybridized carbons (Fsp3) is 0.400. The molecule has 0 saturated heterocycles. The topological polar surface area (TPSA) is 93.9 Å². The highest BCUT2D eigenvalue weighted by atomic mass is 35.5. The van der Waals surface area contributed by atoms with Crippen LogP contribution < -0.4 is 20.5 Å². The zero-order chi connectivity index (χ0) is 24.7. The standard InChI is InChI=1S/C25H30ClN3O4S/c1-16-8-10-18(13-20(16)26)24(31)28-25(34)29(19-6-4-3-5-7-19)14-17-9-11-21(22(12-17)32-2)33-15-23(27)30/h8-13,19H,3-7,14-15H2,1-2H3,(H2,27,30)(H,28,31,34). The van der Waals surface area contributed by atoms with Crippen molar-refractivity contribution in [1.82, 2.24) is 10.2 Å². The summed E-state index contributed by atoms with van der Waals surface area (Å²) in [7, 11) is 1.53. The van der Waals surface area contributed by atoms with E-state index in [4.69, 9.17) is 39.0 Å². The number of nitrogens with two attached hydrogens (primary N) is 1. The average molecular weight is 504 g/mol. The number of hydrogen-bond donors (Lipinski definition) is 2. The number of benzene rings is 2. The molecule has 2 aromatic carbocycles. The van der Waals surface area contributed by atoms with Crippen molar-refractivity contribution in [3.8, 4) is 11.5 Å². The third-order valence-corrected chi connectivity index (χ3v) is 6.63. The van der Waals surface area contributed by atoms with Gasteiger partial charge in [0.15, 0.2) is 23.2 Å². The van der Waals surface area contributed by atoms with Crippen molar-refractivity contribution in [3.05, 3.63) is 58.1 Å². The van der Waals surface area contributed by atoms with E-state index in [2.05, 4.69) is 10.2 Å². The smallest absolute Gasteiger partial charge is 0.257 e. The van der Waals surface area contributed by atoms with Crippen LogP contribution in [0.5, 0.6) is 11.5 Å². The van der Waals surface area contributed by atoms with Gasteiger partial charge in [-0.3, -0.25) is 14.9 Å². The van der Waals surface area contributed by atoms with Crippen molar-refractivity contribution in [2.75, 3.05) is 13.7 Å². The van der Waals surface area contributed by atoms with Crippen molar-refractivity contribution < 1.29 is 19.1 Å². The molecule has 0 aromatic heterocycles. The van der Waals surface area contributed by atoms with E-state index >= 15 is 0 Å². The number of carbonyl (C=O) groups excluding carboxylic acids is 2. The Bertz CT molecular complexity index is 1060. The lowest BCUT2D eigenvalue weighted by molar-refractivity contribution is -0.119. The van der Waals surface area contributed by atoms with Gasteiger partial charge in [0.05, 0.1) is 7.11 Å². The fourth-order valence-electron chi connectivity index (χ4n) is 4.01. The highest BCUT2D eigenvalue weighted by molar-refractivity contribution is 7.80. The summed E-state index contributed by atoms with van der Waals surface area (Å²) in [4.78, 5) is 26.0. The summed E-state index contributed by atoms with van der Waals surface area (Å²) in [6.07, 6.45) is 5.45. The second kappa shape index (κ2) is 12.0. The van der Waals surface area contributed by atoms with Gasteiger partial charge in [0, 0.05) is 23.2 Å². The summed E-state index contributed by atoms with van der Waals surface area (Å²) in [5, 5.41) is 3.80. The predicted octanol–water partition coefficient (Wildman–Crippen LogP) is 4.37. The molecule has 34 heavy (non-hydrogen) atoms. The Balaban J connectivity index is 1.79. The number of ether oxygens (including phenoxy) is 2. The number of halogens is 1. The van der Waals surface area contributed by atoms with Crippen LogP contribution in [0, 0.1) is 6.92 Å². The maximum Gasteiger partial charge on any atom is 0.257 e. The zero-order valence-corrected chi connectivity index (χ0v) is 21.0. The zero-order valence-electron chi connectivity index (χ0n) is 19.4.